The number of hydrogen-bond acceptors (Lipinski definition) is 3. The lowest BCUT2D eigenvalue weighted by atomic mass is 10.2. The highest BCUT2D eigenvalue weighted by Crippen LogP contribution is 2.18. The second-order valence-corrected chi connectivity index (χ2v) is 4.11. The molecule has 2 N–H and O–H groups in total. The van der Waals surface area contributed by atoms with Gasteiger partial charge in [-0.3, -0.25) is 0 Å². The largest absolute Gasteiger partial charge is 0.393 e. The standard InChI is InChI=1S/C10H13F2N3S/c1-6(3-9(13)16)15(2)10-8(12)4-7(11)5-14-10/h4-6H,3H2,1-2H3,(H2,13,16). The van der Waals surface area contributed by atoms with E-state index in [1.54, 1.807) is 11.9 Å². The van der Waals surface area contributed by atoms with Crippen LogP contribution in [-0.4, -0.2) is 23.1 Å². The Kier molecular flexibility index (Phi) is 4.12. The molecule has 1 aromatic rings. The summed E-state index contributed by atoms with van der Waals surface area (Å²) in [6.45, 7) is 1.84. The van der Waals surface area contributed by atoms with Gasteiger partial charge in [0.2, 0.25) is 0 Å². The molecule has 1 rings (SSSR count). The molecule has 0 amide bonds. The lowest BCUT2D eigenvalue weighted by Crippen LogP contribution is -2.33. The third-order valence-corrected chi connectivity index (χ3v) is 2.45. The molecule has 0 radical (unpaired) electrons. The summed E-state index contributed by atoms with van der Waals surface area (Å²) in [5, 5.41) is 0. The molecule has 0 bridgehead atoms. The molecule has 0 aromatic carbocycles. The minimum Gasteiger partial charge on any atom is -0.393 e. The van der Waals surface area contributed by atoms with E-state index >= 15 is 0 Å². The fourth-order valence-electron chi connectivity index (χ4n) is 1.30. The molecule has 3 nitrogen and oxygen atoms in total. The van der Waals surface area contributed by atoms with E-state index < -0.39 is 11.6 Å². The van der Waals surface area contributed by atoms with Crippen molar-refractivity contribution < 1.29 is 8.78 Å². The molecule has 1 atom stereocenters. The first-order chi connectivity index (χ1) is 7.41. The average Bonchev–Trinajstić information content (AvgIpc) is 2.15. The lowest BCUT2D eigenvalue weighted by molar-refractivity contribution is 0.562. The predicted molar refractivity (Wildman–Crippen MR) is 63.4 cm³/mol. The van der Waals surface area contributed by atoms with Gasteiger partial charge in [0.15, 0.2) is 11.6 Å². The minimum atomic E-state index is -0.698. The predicted octanol–water partition coefficient (Wildman–Crippen LogP) is 1.86. The minimum absolute atomic E-state index is 0.0881. The Balaban J connectivity index is 2.87. The van der Waals surface area contributed by atoms with Crippen LogP contribution >= 0.6 is 12.2 Å². The van der Waals surface area contributed by atoms with Gasteiger partial charge in [-0.15, -0.1) is 0 Å². The number of anilines is 1. The summed E-state index contributed by atoms with van der Waals surface area (Å²) >= 11 is 4.77. The van der Waals surface area contributed by atoms with Crippen LogP contribution in [0.2, 0.25) is 0 Å². The van der Waals surface area contributed by atoms with Crippen molar-refractivity contribution in [3.63, 3.8) is 0 Å². The molecule has 6 heteroatoms. The number of thiocarbonyl (C=S) groups is 1. The summed E-state index contributed by atoms with van der Waals surface area (Å²) in [5.41, 5.74) is 5.40. The van der Waals surface area contributed by atoms with Gasteiger partial charge in [-0.25, -0.2) is 13.8 Å². The van der Waals surface area contributed by atoms with Crippen molar-refractivity contribution >= 4 is 23.0 Å². The average molecular weight is 245 g/mol. The van der Waals surface area contributed by atoms with Gasteiger partial charge < -0.3 is 10.6 Å². The first kappa shape index (κ1) is 12.8. The molecular weight excluding hydrogens is 232 g/mol. The van der Waals surface area contributed by atoms with E-state index in [4.69, 9.17) is 18.0 Å². The van der Waals surface area contributed by atoms with Crippen molar-refractivity contribution in [3.05, 3.63) is 23.9 Å². The monoisotopic (exact) mass is 245 g/mol. The Labute approximate surface area is 98.3 Å². The molecule has 0 aliphatic carbocycles. The molecule has 0 saturated carbocycles. The quantitative estimate of drug-likeness (QED) is 0.822. The number of pyridine rings is 1. The summed E-state index contributed by atoms with van der Waals surface area (Å²) in [6.07, 6.45) is 1.42. The smallest absolute Gasteiger partial charge is 0.168 e. The highest BCUT2D eigenvalue weighted by molar-refractivity contribution is 7.80. The molecular formula is C10H13F2N3S. The third-order valence-electron chi connectivity index (χ3n) is 2.28. The fraction of sp³-hybridized carbons (Fsp3) is 0.400. The van der Waals surface area contributed by atoms with Crippen molar-refractivity contribution in [2.75, 3.05) is 11.9 Å². The zero-order valence-corrected chi connectivity index (χ0v) is 9.89. The molecule has 0 spiro atoms. The van der Waals surface area contributed by atoms with Crippen LogP contribution in [0, 0.1) is 11.6 Å². The maximum absolute atomic E-state index is 13.4. The van der Waals surface area contributed by atoms with Crippen LogP contribution in [0.15, 0.2) is 12.3 Å². The zero-order valence-electron chi connectivity index (χ0n) is 9.08. The molecule has 1 heterocycles. The summed E-state index contributed by atoms with van der Waals surface area (Å²) in [6, 6.07) is 0.705. The molecule has 88 valence electrons. The topological polar surface area (TPSA) is 42.1 Å². The highest BCUT2D eigenvalue weighted by Gasteiger charge is 2.16. The molecule has 0 saturated heterocycles. The van der Waals surface area contributed by atoms with Crippen LogP contribution in [0.4, 0.5) is 14.6 Å². The van der Waals surface area contributed by atoms with Gasteiger partial charge in [-0.2, -0.15) is 0 Å². The van der Waals surface area contributed by atoms with Crippen molar-refractivity contribution in [2.24, 2.45) is 5.73 Å². The van der Waals surface area contributed by atoms with E-state index in [2.05, 4.69) is 4.98 Å². The molecule has 0 fully saturated rings. The van der Waals surface area contributed by atoms with Crippen molar-refractivity contribution in [3.8, 4) is 0 Å². The summed E-state index contributed by atoms with van der Waals surface area (Å²) < 4.78 is 26.1. The maximum atomic E-state index is 13.4. The Morgan fingerprint density at radius 1 is 1.62 bits per heavy atom. The van der Waals surface area contributed by atoms with Crippen LogP contribution in [0.5, 0.6) is 0 Å². The first-order valence-corrected chi connectivity index (χ1v) is 5.15. The van der Waals surface area contributed by atoms with E-state index in [1.165, 1.54) is 0 Å². The number of rotatable bonds is 4. The molecule has 1 unspecified atom stereocenters. The number of hydrogen-bond donors (Lipinski definition) is 1. The first-order valence-electron chi connectivity index (χ1n) is 4.74. The van der Waals surface area contributed by atoms with Gasteiger partial charge in [0.1, 0.15) is 5.82 Å². The molecule has 0 aliphatic rings. The van der Waals surface area contributed by atoms with Crippen LogP contribution in [0.1, 0.15) is 13.3 Å². The number of nitrogens with zero attached hydrogens (tertiary/aromatic N) is 2. The van der Waals surface area contributed by atoms with Crippen molar-refractivity contribution in [1.82, 2.24) is 4.98 Å². The number of nitrogens with two attached hydrogens (primary N) is 1. The summed E-state index contributed by atoms with van der Waals surface area (Å²) in [5.74, 6) is -1.31. The van der Waals surface area contributed by atoms with Crippen LogP contribution in [-0.2, 0) is 0 Å². The van der Waals surface area contributed by atoms with Gasteiger partial charge in [0.05, 0.1) is 11.2 Å². The Hall–Kier alpha value is -1.30. The van der Waals surface area contributed by atoms with Gasteiger partial charge in [-0.05, 0) is 6.92 Å². The Morgan fingerprint density at radius 2 is 2.25 bits per heavy atom. The summed E-state index contributed by atoms with van der Waals surface area (Å²) in [7, 11) is 1.66. The number of halogens is 2. The number of aromatic nitrogens is 1. The van der Waals surface area contributed by atoms with Crippen molar-refractivity contribution in [2.45, 2.75) is 19.4 Å². The third kappa shape index (κ3) is 3.10. The second kappa shape index (κ2) is 5.16. The Bertz CT molecular complexity index is 398. The maximum Gasteiger partial charge on any atom is 0.168 e. The second-order valence-electron chi connectivity index (χ2n) is 3.59. The SMILES string of the molecule is CC(CC(N)=S)N(C)c1ncc(F)cc1F. The molecule has 16 heavy (non-hydrogen) atoms. The highest BCUT2D eigenvalue weighted by atomic mass is 32.1. The normalized spacial score (nSPS) is 12.2. The van der Waals surface area contributed by atoms with E-state index in [1.807, 2.05) is 6.92 Å². The van der Waals surface area contributed by atoms with Crippen molar-refractivity contribution in [1.29, 1.82) is 0 Å². The fourth-order valence-corrected chi connectivity index (χ4v) is 1.54. The van der Waals surface area contributed by atoms with E-state index in [9.17, 15) is 8.78 Å². The van der Waals surface area contributed by atoms with E-state index in [0.717, 1.165) is 12.3 Å². The van der Waals surface area contributed by atoms with Gasteiger partial charge in [-0.1, -0.05) is 12.2 Å². The van der Waals surface area contributed by atoms with Crippen LogP contribution < -0.4 is 10.6 Å². The molecule has 1 aromatic heterocycles. The summed E-state index contributed by atoms with van der Waals surface area (Å²) in [4.78, 5) is 5.62. The van der Waals surface area contributed by atoms with E-state index in [0.29, 0.717) is 11.4 Å². The molecule has 0 aliphatic heterocycles. The van der Waals surface area contributed by atoms with Gasteiger partial charge >= 0.3 is 0 Å². The lowest BCUT2D eigenvalue weighted by Gasteiger charge is -2.25. The van der Waals surface area contributed by atoms with Gasteiger partial charge in [0, 0.05) is 25.6 Å². The Morgan fingerprint density at radius 3 is 2.75 bits per heavy atom. The zero-order chi connectivity index (χ0) is 12.3. The van der Waals surface area contributed by atoms with Crippen LogP contribution in [0.3, 0.4) is 0 Å². The van der Waals surface area contributed by atoms with E-state index in [-0.39, 0.29) is 11.9 Å². The van der Waals surface area contributed by atoms with Crippen LogP contribution in [0.25, 0.3) is 0 Å². The van der Waals surface area contributed by atoms with Gasteiger partial charge in [0.25, 0.3) is 0 Å².